The molecule has 0 aromatic rings. The van der Waals surface area contributed by atoms with E-state index >= 15 is 0 Å². The van der Waals surface area contributed by atoms with Crippen LogP contribution in [0.4, 0.5) is 0 Å². The highest BCUT2D eigenvalue weighted by atomic mass is 35.5. The molecule has 2 fully saturated rings. The highest BCUT2D eigenvalue weighted by Gasteiger charge is 2.24. The first-order valence-corrected chi connectivity index (χ1v) is 7.88. The van der Waals surface area contributed by atoms with Crippen LogP contribution in [-0.4, -0.2) is 63.4 Å². The molecule has 1 aliphatic heterocycles. The minimum atomic E-state index is 0. The van der Waals surface area contributed by atoms with Gasteiger partial charge in [0, 0.05) is 33.4 Å². The van der Waals surface area contributed by atoms with E-state index in [9.17, 15) is 4.79 Å². The standard InChI is InChI=1S/C15H28N2O3.ClH/c1-19-9-2-10-20-14-5-7-17(8-6-14)15(18)12-16-11-13-3-4-13;/h13-14,16H,2-12H2,1H3;1H. The molecular weight excluding hydrogens is 292 g/mol. The zero-order valence-electron chi connectivity index (χ0n) is 13.0. The molecule has 1 saturated heterocycles. The van der Waals surface area contributed by atoms with Crippen LogP contribution in [0, 0.1) is 5.92 Å². The number of halogens is 1. The van der Waals surface area contributed by atoms with Crippen LogP contribution in [0.25, 0.3) is 0 Å². The molecule has 1 amide bonds. The average Bonchev–Trinajstić information content (AvgIpc) is 3.28. The van der Waals surface area contributed by atoms with Crippen molar-refractivity contribution in [2.75, 3.05) is 46.5 Å². The average molecular weight is 321 g/mol. The van der Waals surface area contributed by atoms with Crippen molar-refractivity contribution in [3.8, 4) is 0 Å². The number of carbonyl (C=O) groups is 1. The van der Waals surface area contributed by atoms with Gasteiger partial charge in [0.25, 0.3) is 0 Å². The fourth-order valence-electron chi connectivity index (χ4n) is 2.54. The van der Waals surface area contributed by atoms with Crippen molar-refractivity contribution < 1.29 is 14.3 Å². The number of carbonyl (C=O) groups excluding carboxylic acids is 1. The molecule has 1 N–H and O–H groups in total. The number of nitrogens with zero attached hydrogens (tertiary/aromatic N) is 1. The number of methoxy groups -OCH3 is 1. The lowest BCUT2D eigenvalue weighted by atomic mass is 10.1. The number of likely N-dealkylation sites (tertiary alicyclic amines) is 1. The van der Waals surface area contributed by atoms with E-state index in [4.69, 9.17) is 9.47 Å². The zero-order chi connectivity index (χ0) is 14.2. The number of nitrogens with one attached hydrogen (secondary N) is 1. The summed E-state index contributed by atoms with van der Waals surface area (Å²) < 4.78 is 10.8. The first-order valence-electron chi connectivity index (χ1n) is 7.88. The number of hydrogen-bond donors (Lipinski definition) is 1. The molecule has 0 spiro atoms. The lowest BCUT2D eigenvalue weighted by Crippen LogP contribution is -2.44. The summed E-state index contributed by atoms with van der Waals surface area (Å²) in [5, 5.41) is 3.27. The molecule has 0 atom stereocenters. The van der Waals surface area contributed by atoms with E-state index in [-0.39, 0.29) is 18.3 Å². The molecule has 5 nitrogen and oxygen atoms in total. The Kier molecular flexibility index (Phi) is 9.24. The Morgan fingerprint density at radius 2 is 1.90 bits per heavy atom. The van der Waals surface area contributed by atoms with Crippen molar-refractivity contribution >= 4 is 18.3 Å². The number of amides is 1. The third-order valence-electron chi connectivity index (χ3n) is 4.05. The summed E-state index contributed by atoms with van der Waals surface area (Å²) in [6.45, 7) is 4.68. The van der Waals surface area contributed by atoms with Gasteiger partial charge in [-0.05, 0) is 44.6 Å². The van der Waals surface area contributed by atoms with Crippen LogP contribution >= 0.6 is 12.4 Å². The Balaban J connectivity index is 0.00000220. The van der Waals surface area contributed by atoms with Gasteiger partial charge in [-0.25, -0.2) is 0 Å². The van der Waals surface area contributed by atoms with Crippen molar-refractivity contribution in [2.45, 2.75) is 38.2 Å². The topological polar surface area (TPSA) is 50.8 Å². The van der Waals surface area contributed by atoms with Crippen molar-refractivity contribution in [3.05, 3.63) is 0 Å². The van der Waals surface area contributed by atoms with Gasteiger partial charge in [-0.15, -0.1) is 12.4 Å². The SMILES string of the molecule is COCCCOC1CCN(C(=O)CNCC2CC2)CC1.Cl. The Labute approximate surface area is 134 Å². The summed E-state index contributed by atoms with van der Waals surface area (Å²) in [7, 11) is 1.71. The molecule has 0 radical (unpaired) electrons. The van der Waals surface area contributed by atoms with Crippen molar-refractivity contribution in [1.82, 2.24) is 10.2 Å². The molecule has 6 heteroatoms. The lowest BCUT2D eigenvalue weighted by Gasteiger charge is -2.32. The third kappa shape index (κ3) is 7.45. The minimum absolute atomic E-state index is 0. The summed E-state index contributed by atoms with van der Waals surface area (Å²) in [5.41, 5.74) is 0. The second-order valence-electron chi connectivity index (χ2n) is 5.87. The number of ether oxygens (including phenoxy) is 2. The predicted molar refractivity (Wildman–Crippen MR) is 84.9 cm³/mol. The third-order valence-corrected chi connectivity index (χ3v) is 4.05. The monoisotopic (exact) mass is 320 g/mol. The maximum atomic E-state index is 12.0. The summed E-state index contributed by atoms with van der Waals surface area (Å²) in [4.78, 5) is 14.0. The van der Waals surface area contributed by atoms with Gasteiger partial charge in [0.2, 0.25) is 5.91 Å². The zero-order valence-corrected chi connectivity index (χ0v) is 13.8. The Hall–Kier alpha value is -0.360. The second kappa shape index (κ2) is 10.4. The van der Waals surface area contributed by atoms with Crippen LogP contribution in [0.15, 0.2) is 0 Å². The van der Waals surface area contributed by atoms with Crippen LogP contribution < -0.4 is 5.32 Å². The van der Waals surface area contributed by atoms with E-state index < -0.39 is 0 Å². The molecule has 124 valence electrons. The molecule has 21 heavy (non-hydrogen) atoms. The molecule has 2 rings (SSSR count). The van der Waals surface area contributed by atoms with Crippen LogP contribution in [0.1, 0.15) is 32.1 Å². The first-order chi connectivity index (χ1) is 9.79. The van der Waals surface area contributed by atoms with Gasteiger partial charge in [-0.1, -0.05) is 0 Å². The highest BCUT2D eigenvalue weighted by Crippen LogP contribution is 2.27. The van der Waals surface area contributed by atoms with Crippen molar-refractivity contribution in [1.29, 1.82) is 0 Å². The normalized spacial score (nSPS) is 19.4. The van der Waals surface area contributed by atoms with Crippen LogP contribution in [0.2, 0.25) is 0 Å². The number of piperidine rings is 1. The summed E-state index contributed by atoms with van der Waals surface area (Å²) in [6, 6.07) is 0. The molecular formula is C15H29ClN2O3. The summed E-state index contributed by atoms with van der Waals surface area (Å²) in [6.07, 6.45) is 5.83. The Morgan fingerprint density at radius 1 is 1.19 bits per heavy atom. The van der Waals surface area contributed by atoms with E-state index in [1.54, 1.807) is 7.11 Å². The van der Waals surface area contributed by atoms with Gasteiger partial charge in [0.15, 0.2) is 0 Å². The van der Waals surface area contributed by atoms with Crippen molar-refractivity contribution in [2.24, 2.45) is 5.92 Å². The predicted octanol–water partition coefficient (Wildman–Crippen LogP) is 1.45. The van der Waals surface area contributed by atoms with E-state index in [2.05, 4.69) is 5.32 Å². The molecule has 0 unspecified atom stereocenters. The molecule has 2 aliphatic rings. The number of rotatable bonds is 9. The molecule has 0 aromatic carbocycles. The number of hydrogen-bond acceptors (Lipinski definition) is 4. The molecule has 0 aromatic heterocycles. The van der Waals surface area contributed by atoms with Gasteiger partial charge < -0.3 is 19.7 Å². The second-order valence-corrected chi connectivity index (χ2v) is 5.87. The van der Waals surface area contributed by atoms with Gasteiger partial charge in [-0.2, -0.15) is 0 Å². The van der Waals surface area contributed by atoms with E-state index in [1.165, 1.54) is 12.8 Å². The largest absolute Gasteiger partial charge is 0.385 e. The molecule has 1 heterocycles. The maximum absolute atomic E-state index is 12.0. The lowest BCUT2D eigenvalue weighted by molar-refractivity contribution is -0.132. The van der Waals surface area contributed by atoms with Crippen LogP contribution in [0.3, 0.4) is 0 Å². The Bertz CT molecular complexity index is 293. The molecule has 1 saturated carbocycles. The van der Waals surface area contributed by atoms with Crippen molar-refractivity contribution in [3.63, 3.8) is 0 Å². The summed E-state index contributed by atoms with van der Waals surface area (Å²) >= 11 is 0. The Morgan fingerprint density at radius 3 is 2.52 bits per heavy atom. The fraction of sp³-hybridized carbons (Fsp3) is 0.933. The van der Waals surface area contributed by atoms with Crippen LogP contribution in [0.5, 0.6) is 0 Å². The van der Waals surface area contributed by atoms with Gasteiger partial charge in [-0.3, -0.25) is 4.79 Å². The highest BCUT2D eigenvalue weighted by molar-refractivity contribution is 5.85. The minimum Gasteiger partial charge on any atom is -0.385 e. The van der Waals surface area contributed by atoms with Gasteiger partial charge in [0.05, 0.1) is 12.6 Å². The smallest absolute Gasteiger partial charge is 0.236 e. The van der Waals surface area contributed by atoms with E-state index in [0.29, 0.717) is 12.6 Å². The maximum Gasteiger partial charge on any atom is 0.236 e. The van der Waals surface area contributed by atoms with E-state index in [1.807, 2.05) is 4.90 Å². The first kappa shape index (κ1) is 18.7. The quantitative estimate of drug-likeness (QED) is 0.653. The van der Waals surface area contributed by atoms with Gasteiger partial charge >= 0.3 is 0 Å². The summed E-state index contributed by atoms with van der Waals surface area (Å²) in [5.74, 6) is 1.07. The van der Waals surface area contributed by atoms with Crippen LogP contribution in [-0.2, 0) is 14.3 Å². The molecule has 1 aliphatic carbocycles. The fourth-order valence-corrected chi connectivity index (χ4v) is 2.54. The van der Waals surface area contributed by atoms with Gasteiger partial charge in [0.1, 0.15) is 0 Å². The van der Waals surface area contributed by atoms with E-state index in [0.717, 1.165) is 58.0 Å². The molecule has 0 bridgehead atoms.